The lowest BCUT2D eigenvalue weighted by atomic mass is 10.3. The molecule has 0 amide bonds. The number of rotatable bonds is 5. The summed E-state index contributed by atoms with van der Waals surface area (Å²) < 4.78 is 2.89. The SMILES string of the molecule is CCCn1nccc1CNc1cc(Br)cnc1Cl. The van der Waals surface area contributed by atoms with Gasteiger partial charge in [0.2, 0.25) is 0 Å². The summed E-state index contributed by atoms with van der Waals surface area (Å²) in [4.78, 5) is 4.07. The second kappa shape index (κ2) is 6.20. The first-order valence-corrected chi connectivity index (χ1v) is 6.93. The monoisotopic (exact) mass is 328 g/mol. The molecule has 2 heterocycles. The minimum absolute atomic E-state index is 0.472. The highest BCUT2D eigenvalue weighted by molar-refractivity contribution is 9.10. The fraction of sp³-hybridized carbons (Fsp3) is 0.333. The summed E-state index contributed by atoms with van der Waals surface area (Å²) in [5.41, 5.74) is 1.95. The van der Waals surface area contributed by atoms with Gasteiger partial charge in [-0.05, 0) is 34.5 Å². The van der Waals surface area contributed by atoms with E-state index in [4.69, 9.17) is 11.6 Å². The summed E-state index contributed by atoms with van der Waals surface area (Å²) in [7, 11) is 0. The van der Waals surface area contributed by atoms with Gasteiger partial charge in [0.05, 0.1) is 17.9 Å². The Hall–Kier alpha value is -1.07. The molecule has 4 nitrogen and oxygen atoms in total. The summed E-state index contributed by atoms with van der Waals surface area (Å²) in [5, 5.41) is 8.02. The number of halogens is 2. The molecule has 0 radical (unpaired) electrons. The van der Waals surface area contributed by atoms with Crippen LogP contribution in [-0.4, -0.2) is 14.8 Å². The van der Waals surface area contributed by atoms with Crippen molar-refractivity contribution in [3.8, 4) is 0 Å². The van der Waals surface area contributed by atoms with Gasteiger partial charge in [0.15, 0.2) is 5.15 Å². The molecule has 0 saturated carbocycles. The fourth-order valence-electron chi connectivity index (χ4n) is 1.66. The van der Waals surface area contributed by atoms with E-state index < -0.39 is 0 Å². The molecule has 0 aromatic carbocycles. The van der Waals surface area contributed by atoms with Crippen molar-refractivity contribution in [1.82, 2.24) is 14.8 Å². The number of nitrogens with zero attached hydrogens (tertiary/aromatic N) is 3. The number of hydrogen-bond donors (Lipinski definition) is 1. The molecule has 1 N–H and O–H groups in total. The molecule has 0 atom stereocenters. The van der Waals surface area contributed by atoms with E-state index >= 15 is 0 Å². The van der Waals surface area contributed by atoms with Crippen LogP contribution in [0.25, 0.3) is 0 Å². The second-order valence-corrected chi connectivity index (χ2v) is 5.16. The molecule has 96 valence electrons. The Kier molecular flexibility index (Phi) is 4.60. The Labute approximate surface area is 119 Å². The topological polar surface area (TPSA) is 42.7 Å². The highest BCUT2D eigenvalue weighted by Gasteiger charge is 2.05. The van der Waals surface area contributed by atoms with Crippen molar-refractivity contribution in [2.45, 2.75) is 26.4 Å². The molecule has 6 heteroatoms. The standard InChI is InChI=1S/C12H14BrClN4/c1-2-5-18-10(3-4-17-18)8-15-11-6-9(13)7-16-12(11)14/h3-4,6-7,15H,2,5,8H2,1H3. The summed E-state index contributed by atoms with van der Waals surface area (Å²) in [6, 6.07) is 3.91. The summed E-state index contributed by atoms with van der Waals surface area (Å²) >= 11 is 9.40. The van der Waals surface area contributed by atoms with Crippen molar-refractivity contribution < 1.29 is 0 Å². The quantitative estimate of drug-likeness (QED) is 0.850. The first kappa shape index (κ1) is 13.4. The van der Waals surface area contributed by atoms with Gasteiger partial charge >= 0.3 is 0 Å². The Bertz CT molecular complexity index is 527. The highest BCUT2D eigenvalue weighted by atomic mass is 79.9. The Morgan fingerprint density at radius 1 is 1.50 bits per heavy atom. The Morgan fingerprint density at radius 3 is 3.11 bits per heavy atom. The maximum Gasteiger partial charge on any atom is 0.152 e. The molecule has 0 unspecified atom stereocenters. The van der Waals surface area contributed by atoms with Crippen LogP contribution in [0.3, 0.4) is 0 Å². The van der Waals surface area contributed by atoms with Crippen LogP contribution in [0.5, 0.6) is 0 Å². The molecule has 0 saturated heterocycles. The van der Waals surface area contributed by atoms with Crippen LogP contribution in [0, 0.1) is 0 Å². The number of anilines is 1. The average molecular weight is 330 g/mol. The summed E-state index contributed by atoms with van der Waals surface area (Å²) in [6.07, 6.45) is 4.55. The normalized spacial score (nSPS) is 10.6. The van der Waals surface area contributed by atoms with Gasteiger partial charge in [-0.25, -0.2) is 4.98 Å². The van der Waals surface area contributed by atoms with Crippen LogP contribution < -0.4 is 5.32 Å². The van der Waals surface area contributed by atoms with Gasteiger partial charge in [-0.1, -0.05) is 18.5 Å². The van der Waals surface area contributed by atoms with Crippen molar-refractivity contribution in [3.63, 3.8) is 0 Å². The van der Waals surface area contributed by atoms with E-state index in [0.29, 0.717) is 11.7 Å². The van der Waals surface area contributed by atoms with Gasteiger partial charge in [-0.2, -0.15) is 5.10 Å². The third-order valence-electron chi connectivity index (χ3n) is 2.51. The van der Waals surface area contributed by atoms with Crippen molar-refractivity contribution in [1.29, 1.82) is 0 Å². The molecule has 2 aromatic heterocycles. The van der Waals surface area contributed by atoms with E-state index in [-0.39, 0.29) is 0 Å². The van der Waals surface area contributed by atoms with Gasteiger partial charge < -0.3 is 5.32 Å². The molecular formula is C12H14BrClN4. The van der Waals surface area contributed by atoms with Gasteiger partial charge in [0, 0.05) is 23.4 Å². The molecule has 2 aromatic rings. The van der Waals surface area contributed by atoms with E-state index in [9.17, 15) is 0 Å². The lowest BCUT2D eigenvalue weighted by Gasteiger charge is -2.10. The van der Waals surface area contributed by atoms with Gasteiger partial charge in [0.1, 0.15) is 0 Å². The number of aryl methyl sites for hydroxylation is 1. The van der Waals surface area contributed by atoms with Crippen LogP contribution in [0.4, 0.5) is 5.69 Å². The number of aromatic nitrogens is 3. The van der Waals surface area contributed by atoms with Gasteiger partial charge in [0.25, 0.3) is 0 Å². The molecule has 0 aliphatic heterocycles. The highest BCUT2D eigenvalue weighted by Crippen LogP contribution is 2.23. The first-order valence-electron chi connectivity index (χ1n) is 5.76. The average Bonchev–Trinajstić information content (AvgIpc) is 2.78. The minimum atomic E-state index is 0.472. The zero-order valence-electron chi connectivity index (χ0n) is 10.0. The van der Waals surface area contributed by atoms with Crippen LogP contribution in [0.2, 0.25) is 5.15 Å². The van der Waals surface area contributed by atoms with E-state index in [1.807, 2.05) is 23.0 Å². The molecule has 0 fully saturated rings. The number of nitrogens with one attached hydrogen (secondary N) is 1. The van der Waals surface area contributed by atoms with Crippen molar-refractivity contribution in [2.75, 3.05) is 5.32 Å². The van der Waals surface area contributed by atoms with Crippen molar-refractivity contribution in [3.05, 3.63) is 39.8 Å². The number of hydrogen-bond acceptors (Lipinski definition) is 3. The van der Waals surface area contributed by atoms with Crippen molar-refractivity contribution in [2.24, 2.45) is 0 Å². The third-order valence-corrected chi connectivity index (χ3v) is 3.24. The maximum atomic E-state index is 6.02. The van der Waals surface area contributed by atoms with Crippen molar-refractivity contribution >= 4 is 33.2 Å². The van der Waals surface area contributed by atoms with Crippen LogP contribution >= 0.6 is 27.5 Å². The van der Waals surface area contributed by atoms with Crippen LogP contribution in [0.15, 0.2) is 29.0 Å². The molecule has 18 heavy (non-hydrogen) atoms. The zero-order valence-corrected chi connectivity index (χ0v) is 12.4. The summed E-state index contributed by atoms with van der Waals surface area (Å²) in [5.74, 6) is 0. The molecule has 0 spiro atoms. The molecule has 2 rings (SSSR count). The molecule has 0 aliphatic rings. The van der Waals surface area contributed by atoms with E-state index in [0.717, 1.165) is 28.8 Å². The molecule has 0 aliphatic carbocycles. The fourth-order valence-corrected chi connectivity index (χ4v) is 2.16. The Morgan fingerprint density at radius 2 is 2.33 bits per heavy atom. The molecular weight excluding hydrogens is 316 g/mol. The van der Waals surface area contributed by atoms with E-state index in [1.54, 1.807) is 6.20 Å². The van der Waals surface area contributed by atoms with Gasteiger partial charge in [-0.15, -0.1) is 0 Å². The van der Waals surface area contributed by atoms with Crippen LogP contribution in [-0.2, 0) is 13.1 Å². The minimum Gasteiger partial charge on any atom is -0.377 e. The van der Waals surface area contributed by atoms with Gasteiger partial charge in [-0.3, -0.25) is 4.68 Å². The third kappa shape index (κ3) is 3.23. The first-order chi connectivity index (χ1) is 8.70. The smallest absolute Gasteiger partial charge is 0.152 e. The van der Waals surface area contributed by atoms with E-state index in [1.165, 1.54) is 0 Å². The maximum absolute atomic E-state index is 6.02. The molecule has 0 bridgehead atoms. The zero-order chi connectivity index (χ0) is 13.0. The largest absolute Gasteiger partial charge is 0.377 e. The lowest BCUT2D eigenvalue weighted by molar-refractivity contribution is 0.578. The number of pyridine rings is 1. The summed E-state index contributed by atoms with van der Waals surface area (Å²) in [6.45, 7) is 3.74. The van der Waals surface area contributed by atoms with E-state index in [2.05, 4.69) is 38.3 Å². The van der Waals surface area contributed by atoms with Crippen LogP contribution in [0.1, 0.15) is 19.0 Å². The lowest BCUT2D eigenvalue weighted by Crippen LogP contribution is -2.09. The Balaban J connectivity index is 2.06. The second-order valence-electron chi connectivity index (χ2n) is 3.89. The predicted octanol–water partition coefficient (Wildman–Crippen LogP) is 3.72. The predicted molar refractivity (Wildman–Crippen MR) is 76.8 cm³/mol.